The van der Waals surface area contributed by atoms with Crippen LogP contribution in [-0.4, -0.2) is 68.5 Å². The molecule has 0 saturated carbocycles. The van der Waals surface area contributed by atoms with Gasteiger partial charge in [-0.1, -0.05) is 69.5 Å². The zero-order valence-electron chi connectivity index (χ0n) is 33.7. The van der Waals surface area contributed by atoms with Crippen LogP contribution in [0.15, 0.2) is 48.5 Å². The molecule has 2 aromatic heterocycles. The van der Waals surface area contributed by atoms with Gasteiger partial charge in [0.1, 0.15) is 11.6 Å². The summed E-state index contributed by atoms with van der Waals surface area (Å²) in [5, 5.41) is 3.81. The Labute approximate surface area is 362 Å². The normalized spacial score (nSPS) is 12.3. The summed E-state index contributed by atoms with van der Waals surface area (Å²) in [5.41, 5.74) is 1.88. The molecule has 324 valence electrons. The first kappa shape index (κ1) is 50.7. The van der Waals surface area contributed by atoms with E-state index in [0.29, 0.717) is 63.9 Å². The number of anilines is 2. The predicted octanol–water partition coefficient (Wildman–Crippen LogP) is 10.6. The van der Waals surface area contributed by atoms with Crippen LogP contribution in [0.3, 0.4) is 0 Å². The lowest BCUT2D eigenvalue weighted by Crippen LogP contribution is -2.34. The van der Waals surface area contributed by atoms with E-state index in [1.807, 2.05) is 16.1 Å². The Balaban J connectivity index is 0.000000334. The van der Waals surface area contributed by atoms with Crippen LogP contribution in [0.2, 0.25) is 10.0 Å². The highest BCUT2D eigenvalue weighted by Gasteiger charge is 2.32. The van der Waals surface area contributed by atoms with Crippen molar-refractivity contribution in [3.05, 3.63) is 92.7 Å². The lowest BCUT2D eigenvalue weighted by Gasteiger charge is -2.22. The topological polar surface area (TPSA) is 138 Å². The maximum Gasteiger partial charge on any atom is 0.358 e. The summed E-state index contributed by atoms with van der Waals surface area (Å²) in [7, 11) is 0. The SMILES string of the molecule is C.CCCCN(C(=O)c1cccc(Cl)c1)c1nc2n(c1C(=O)OCC)CCCC2.CCCCNc1nc2n(c1C(=O)OCC)CCCC2.F.O=C(Cl)c1cccc(Cl)c1. The second-order valence-electron chi connectivity index (χ2n) is 13.5. The van der Waals surface area contributed by atoms with Crippen molar-refractivity contribution >= 4 is 69.5 Å². The fourth-order valence-corrected chi connectivity index (χ4v) is 6.96. The summed E-state index contributed by atoms with van der Waals surface area (Å²) in [6, 6.07) is 13.4. The molecule has 0 spiro atoms. The summed E-state index contributed by atoms with van der Waals surface area (Å²) < 4.78 is 14.4. The Bertz CT molecular complexity index is 1990. The number of benzene rings is 2. The largest absolute Gasteiger partial charge is 0.461 e. The van der Waals surface area contributed by atoms with E-state index in [2.05, 4.69) is 24.1 Å². The fourth-order valence-electron chi connectivity index (χ4n) is 6.46. The molecule has 6 rings (SSSR count). The van der Waals surface area contributed by atoms with Crippen molar-refractivity contribution in [3.8, 4) is 0 Å². The van der Waals surface area contributed by atoms with E-state index in [1.165, 1.54) is 6.07 Å². The van der Waals surface area contributed by atoms with Crippen LogP contribution in [0.5, 0.6) is 0 Å². The molecule has 4 heterocycles. The van der Waals surface area contributed by atoms with Crippen molar-refractivity contribution in [2.75, 3.05) is 36.5 Å². The molecule has 1 N–H and O–H groups in total. The molecule has 4 aromatic rings. The number of hydrogen-bond donors (Lipinski definition) is 1. The number of imidazole rings is 2. The molecule has 59 heavy (non-hydrogen) atoms. The van der Waals surface area contributed by atoms with Gasteiger partial charge in [-0.05, 0) is 100 Å². The first-order valence-corrected chi connectivity index (χ1v) is 21.0. The van der Waals surface area contributed by atoms with Crippen molar-refractivity contribution in [2.45, 2.75) is 112 Å². The summed E-state index contributed by atoms with van der Waals surface area (Å²) in [5.74, 6) is 2.04. The van der Waals surface area contributed by atoms with E-state index in [4.69, 9.17) is 49.3 Å². The molecule has 12 nitrogen and oxygen atoms in total. The first-order valence-electron chi connectivity index (χ1n) is 19.8. The van der Waals surface area contributed by atoms with Gasteiger partial charge in [0.25, 0.3) is 11.1 Å². The highest BCUT2D eigenvalue weighted by molar-refractivity contribution is 6.67. The molecule has 0 unspecified atom stereocenters. The number of ether oxygens (including phenoxy) is 2. The number of aryl methyl sites for hydroxylation is 2. The zero-order chi connectivity index (χ0) is 41.3. The molecule has 16 heteroatoms. The molecule has 1 amide bonds. The van der Waals surface area contributed by atoms with Gasteiger partial charge in [-0.15, -0.1) is 0 Å². The number of aromatic nitrogens is 4. The first-order chi connectivity index (χ1) is 27.5. The van der Waals surface area contributed by atoms with Crippen molar-refractivity contribution in [1.82, 2.24) is 19.1 Å². The molecule has 0 saturated heterocycles. The van der Waals surface area contributed by atoms with Crippen LogP contribution in [-0.2, 0) is 35.4 Å². The van der Waals surface area contributed by atoms with Gasteiger partial charge in [-0.25, -0.2) is 19.6 Å². The van der Waals surface area contributed by atoms with Crippen LogP contribution in [0, 0.1) is 0 Å². The van der Waals surface area contributed by atoms with E-state index >= 15 is 0 Å². The second-order valence-corrected chi connectivity index (χ2v) is 14.7. The number of carbonyl (C=O) groups excluding carboxylic acids is 4. The summed E-state index contributed by atoms with van der Waals surface area (Å²) in [6.07, 6.45) is 9.90. The number of fused-ring (bicyclic) bond motifs is 2. The number of nitrogens with one attached hydrogen (secondary N) is 1. The quantitative estimate of drug-likeness (QED) is 0.0745. The van der Waals surface area contributed by atoms with Crippen LogP contribution >= 0.6 is 34.8 Å². The van der Waals surface area contributed by atoms with Gasteiger partial charge in [-0.3, -0.25) is 19.2 Å². The Morgan fingerprint density at radius 1 is 0.746 bits per heavy atom. The Morgan fingerprint density at radius 3 is 1.80 bits per heavy atom. The molecule has 2 aliphatic rings. The number of hydrogen-bond acceptors (Lipinski definition) is 9. The number of esters is 2. The monoisotopic (exact) mass is 878 g/mol. The third-order valence-corrected chi connectivity index (χ3v) is 9.95. The molecule has 2 aliphatic heterocycles. The lowest BCUT2D eigenvalue weighted by atomic mass is 10.1. The minimum Gasteiger partial charge on any atom is -0.461 e. The molecule has 0 bridgehead atoms. The van der Waals surface area contributed by atoms with Crippen LogP contribution in [0.4, 0.5) is 16.3 Å². The lowest BCUT2D eigenvalue weighted by molar-refractivity contribution is 0.0504. The van der Waals surface area contributed by atoms with E-state index in [1.54, 1.807) is 54.3 Å². The summed E-state index contributed by atoms with van der Waals surface area (Å²) in [6.45, 7) is 11.4. The van der Waals surface area contributed by atoms with Gasteiger partial charge in [0.15, 0.2) is 23.0 Å². The average molecular weight is 880 g/mol. The van der Waals surface area contributed by atoms with Gasteiger partial charge >= 0.3 is 11.9 Å². The molecular weight excluding hydrogens is 822 g/mol. The Morgan fingerprint density at radius 2 is 1.27 bits per heavy atom. The highest BCUT2D eigenvalue weighted by atomic mass is 35.5. The van der Waals surface area contributed by atoms with E-state index < -0.39 is 11.2 Å². The zero-order valence-corrected chi connectivity index (χ0v) is 35.9. The molecule has 0 aliphatic carbocycles. The van der Waals surface area contributed by atoms with Crippen LogP contribution < -0.4 is 10.2 Å². The number of nitrogens with zero attached hydrogens (tertiary/aromatic N) is 5. The highest BCUT2D eigenvalue weighted by Crippen LogP contribution is 2.29. The van der Waals surface area contributed by atoms with E-state index in [9.17, 15) is 19.2 Å². The standard InChI is InChI=1S/C21H26ClN3O3.C14H23N3O2.C7H4Cl2O.CH4.FH/c1-3-5-12-25(20(26)15-9-8-10-16(22)14-15)19-18(21(27)28-4-2)24-13-7-6-11-17(24)23-19;1-3-5-9-15-13-12(14(18)19-4-2)17-10-7-6-8-11(17)16-13;8-6-3-1-2-5(4-6)7(9)10;;/h8-10,14H,3-7,11-13H2,1-2H3;15H,3-10H2,1-2H3;1-4H;1H4;1H. The van der Waals surface area contributed by atoms with Crippen molar-refractivity contribution in [2.24, 2.45) is 0 Å². The summed E-state index contributed by atoms with van der Waals surface area (Å²) >= 11 is 16.8. The molecule has 0 radical (unpaired) electrons. The van der Waals surface area contributed by atoms with Gasteiger partial charge < -0.3 is 23.9 Å². The number of amides is 1. The minimum absolute atomic E-state index is 0. The van der Waals surface area contributed by atoms with E-state index in [-0.39, 0.29) is 30.6 Å². The maximum atomic E-state index is 13.3. The molecule has 2 aromatic carbocycles. The predicted molar refractivity (Wildman–Crippen MR) is 235 cm³/mol. The second kappa shape index (κ2) is 25.9. The van der Waals surface area contributed by atoms with Gasteiger partial charge in [-0.2, -0.15) is 0 Å². The Hall–Kier alpha value is -4.46. The average Bonchev–Trinajstić information content (AvgIpc) is 3.77. The number of halogens is 4. The van der Waals surface area contributed by atoms with Gasteiger partial charge in [0.05, 0.1) is 13.2 Å². The van der Waals surface area contributed by atoms with Gasteiger partial charge in [0.2, 0.25) is 0 Å². The number of unbranched alkanes of at least 4 members (excludes halogenated alkanes) is 2. The number of carbonyl (C=O) groups is 4. The molecular formula is C43H58Cl3FN6O6. The third-order valence-electron chi connectivity index (χ3n) is 9.26. The van der Waals surface area contributed by atoms with E-state index in [0.717, 1.165) is 88.9 Å². The molecule has 0 fully saturated rings. The maximum absolute atomic E-state index is 13.3. The van der Waals surface area contributed by atoms with Crippen LogP contribution in [0.1, 0.15) is 140 Å². The van der Waals surface area contributed by atoms with Crippen LogP contribution in [0.25, 0.3) is 0 Å². The Kier molecular flexibility index (Phi) is 22.2. The molecule has 0 atom stereocenters. The minimum atomic E-state index is -0.484. The number of rotatable bonds is 14. The summed E-state index contributed by atoms with van der Waals surface area (Å²) in [4.78, 5) is 59.6. The fraction of sp³-hybridized carbons (Fsp3) is 0.488. The van der Waals surface area contributed by atoms with Crippen molar-refractivity contribution in [3.63, 3.8) is 0 Å². The van der Waals surface area contributed by atoms with Crippen molar-refractivity contribution < 1.29 is 33.4 Å². The van der Waals surface area contributed by atoms with Crippen molar-refractivity contribution in [1.29, 1.82) is 0 Å². The van der Waals surface area contributed by atoms with Gasteiger partial charge in [0, 0.05) is 60.2 Å². The smallest absolute Gasteiger partial charge is 0.358 e. The third kappa shape index (κ3) is 14.1.